The Bertz CT molecular complexity index is 950. The Kier molecular flexibility index (Phi) is 3.47. The largest absolute Gasteiger partial charge is 0.397 e. The van der Waals surface area contributed by atoms with E-state index >= 15 is 0 Å². The maximum atomic E-state index is 12.8. The molecule has 0 aliphatic rings. The molecule has 0 aliphatic carbocycles. The summed E-state index contributed by atoms with van der Waals surface area (Å²) in [6, 6.07) is 12.7. The molecular weight excluding hydrogens is 342 g/mol. The van der Waals surface area contributed by atoms with Crippen molar-refractivity contribution in [2.75, 3.05) is 5.73 Å². The predicted octanol–water partition coefficient (Wildman–Crippen LogP) is 3.70. The molecule has 0 atom stereocenters. The molecule has 3 aromatic rings. The number of nitriles is 1. The lowest BCUT2D eigenvalue weighted by molar-refractivity contribution is 0.103. The van der Waals surface area contributed by atoms with Crippen molar-refractivity contribution >= 4 is 32.9 Å². The van der Waals surface area contributed by atoms with E-state index in [9.17, 15) is 4.79 Å². The standard InChI is InChI=1S/C17H12BrN3O/c1-10-7-11(8-12(9-19)16(10)20)17(22)15-5-4-14-13(18)3-2-6-21(14)15/h2-8H,20H2,1H3. The van der Waals surface area contributed by atoms with Gasteiger partial charge in [-0.1, -0.05) is 0 Å². The quantitative estimate of drug-likeness (QED) is 0.564. The molecular formula is C17H12BrN3O. The van der Waals surface area contributed by atoms with E-state index in [1.807, 2.05) is 34.9 Å². The Hall–Kier alpha value is -2.58. The summed E-state index contributed by atoms with van der Waals surface area (Å²) in [5, 5.41) is 9.14. The molecule has 0 saturated carbocycles. The molecule has 108 valence electrons. The molecule has 2 heterocycles. The predicted molar refractivity (Wildman–Crippen MR) is 88.8 cm³/mol. The van der Waals surface area contributed by atoms with Gasteiger partial charge in [0.15, 0.2) is 0 Å². The Labute approximate surface area is 135 Å². The van der Waals surface area contributed by atoms with Crippen LogP contribution >= 0.6 is 15.9 Å². The number of nitrogens with zero attached hydrogens (tertiary/aromatic N) is 2. The molecule has 0 radical (unpaired) electrons. The number of fused-ring (bicyclic) bond motifs is 1. The molecule has 0 aliphatic heterocycles. The summed E-state index contributed by atoms with van der Waals surface area (Å²) in [7, 11) is 0. The molecule has 0 saturated heterocycles. The first-order valence-corrected chi connectivity index (χ1v) is 7.42. The first-order valence-electron chi connectivity index (χ1n) is 6.63. The molecule has 4 nitrogen and oxygen atoms in total. The van der Waals surface area contributed by atoms with Gasteiger partial charge in [0.25, 0.3) is 0 Å². The number of ketones is 1. The fourth-order valence-corrected chi connectivity index (χ4v) is 2.93. The van der Waals surface area contributed by atoms with Crippen LogP contribution in [0.15, 0.2) is 47.1 Å². The monoisotopic (exact) mass is 353 g/mol. The van der Waals surface area contributed by atoms with Crippen LogP contribution in [0.2, 0.25) is 0 Å². The average molecular weight is 354 g/mol. The highest BCUT2D eigenvalue weighted by molar-refractivity contribution is 9.10. The Morgan fingerprint density at radius 1 is 1.32 bits per heavy atom. The highest BCUT2D eigenvalue weighted by Gasteiger charge is 2.16. The van der Waals surface area contributed by atoms with Crippen molar-refractivity contribution in [3.8, 4) is 6.07 Å². The number of halogens is 1. The number of carbonyl (C=O) groups is 1. The number of hydrogen-bond donors (Lipinski definition) is 1. The second-order valence-electron chi connectivity index (χ2n) is 5.03. The zero-order valence-corrected chi connectivity index (χ0v) is 13.4. The zero-order valence-electron chi connectivity index (χ0n) is 11.8. The van der Waals surface area contributed by atoms with Crippen LogP contribution < -0.4 is 5.73 Å². The maximum Gasteiger partial charge on any atom is 0.209 e. The van der Waals surface area contributed by atoms with Crippen LogP contribution in [0.25, 0.3) is 5.52 Å². The van der Waals surface area contributed by atoms with Crippen LogP contribution in [0.3, 0.4) is 0 Å². The molecule has 3 rings (SSSR count). The molecule has 22 heavy (non-hydrogen) atoms. The Morgan fingerprint density at radius 3 is 2.82 bits per heavy atom. The number of carbonyl (C=O) groups excluding carboxylic acids is 1. The number of rotatable bonds is 2. The fourth-order valence-electron chi connectivity index (χ4n) is 2.46. The summed E-state index contributed by atoms with van der Waals surface area (Å²) in [6.07, 6.45) is 1.84. The maximum absolute atomic E-state index is 12.8. The smallest absolute Gasteiger partial charge is 0.209 e. The van der Waals surface area contributed by atoms with Gasteiger partial charge in [-0.2, -0.15) is 5.26 Å². The van der Waals surface area contributed by atoms with Crippen LogP contribution in [0.5, 0.6) is 0 Å². The van der Waals surface area contributed by atoms with Gasteiger partial charge in [-0.15, -0.1) is 0 Å². The lowest BCUT2D eigenvalue weighted by atomic mass is 10.0. The first kappa shape index (κ1) is 14.4. The van der Waals surface area contributed by atoms with Gasteiger partial charge in [0, 0.05) is 16.2 Å². The molecule has 2 aromatic heterocycles. The molecule has 0 unspecified atom stereocenters. The molecule has 2 N–H and O–H groups in total. The van der Waals surface area contributed by atoms with Crippen LogP contribution in [0, 0.1) is 18.3 Å². The fraction of sp³-hybridized carbons (Fsp3) is 0.0588. The topological polar surface area (TPSA) is 71.3 Å². The average Bonchev–Trinajstić information content (AvgIpc) is 2.94. The SMILES string of the molecule is Cc1cc(C(=O)c2ccc3c(Br)cccn23)cc(C#N)c1N. The second-order valence-corrected chi connectivity index (χ2v) is 5.88. The van der Waals surface area contributed by atoms with E-state index in [1.54, 1.807) is 25.1 Å². The minimum absolute atomic E-state index is 0.141. The normalized spacial score (nSPS) is 10.6. The minimum Gasteiger partial charge on any atom is -0.397 e. The van der Waals surface area contributed by atoms with Crippen molar-refractivity contribution in [1.29, 1.82) is 5.26 Å². The van der Waals surface area contributed by atoms with Gasteiger partial charge in [0.2, 0.25) is 5.78 Å². The van der Waals surface area contributed by atoms with Gasteiger partial charge >= 0.3 is 0 Å². The first-order chi connectivity index (χ1) is 10.5. The van der Waals surface area contributed by atoms with Crippen molar-refractivity contribution in [3.05, 3.63) is 69.5 Å². The molecule has 5 heteroatoms. The van der Waals surface area contributed by atoms with Crippen LogP contribution in [-0.2, 0) is 0 Å². The van der Waals surface area contributed by atoms with Crippen molar-refractivity contribution < 1.29 is 4.79 Å². The number of pyridine rings is 1. The van der Waals surface area contributed by atoms with Gasteiger partial charge in [-0.05, 0) is 64.8 Å². The van der Waals surface area contributed by atoms with E-state index in [-0.39, 0.29) is 5.78 Å². The third-order valence-corrected chi connectivity index (χ3v) is 4.31. The summed E-state index contributed by atoms with van der Waals surface area (Å²) in [5.74, 6) is -0.141. The summed E-state index contributed by atoms with van der Waals surface area (Å²) >= 11 is 3.47. The van der Waals surface area contributed by atoms with E-state index in [4.69, 9.17) is 11.0 Å². The number of aromatic nitrogens is 1. The molecule has 1 aromatic carbocycles. The summed E-state index contributed by atoms with van der Waals surface area (Å²) in [5.41, 5.74) is 9.24. The third-order valence-electron chi connectivity index (χ3n) is 3.64. The Morgan fingerprint density at radius 2 is 2.09 bits per heavy atom. The lowest BCUT2D eigenvalue weighted by Crippen LogP contribution is -2.07. The molecule has 0 spiro atoms. The van der Waals surface area contributed by atoms with Gasteiger partial charge < -0.3 is 10.1 Å². The van der Waals surface area contributed by atoms with E-state index in [2.05, 4.69) is 15.9 Å². The van der Waals surface area contributed by atoms with Crippen molar-refractivity contribution in [2.45, 2.75) is 6.92 Å². The van der Waals surface area contributed by atoms with Crippen LogP contribution in [0.1, 0.15) is 27.2 Å². The molecule has 0 fully saturated rings. The zero-order chi connectivity index (χ0) is 15.9. The van der Waals surface area contributed by atoms with Gasteiger partial charge in [-0.25, -0.2) is 0 Å². The van der Waals surface area contributed by atoms with Crippen molar-refractivity contribution in [1.82, 2.24) is 4.40 Å². The highest BCUT2D eigenvalue weighted by atomic mass is 79.9. The number of anilines is 1. The van der Waals surface area contributed by atoms with Gasteiger partial charge in [0.1, 0.15) is 6.07 Å². The number of nitrogens with two attached hydrogens (primary N) is 1. The second kappa shape index (κ2) is 5.32. The summed E-state index contributed by atoms with van der Waals surface area (Å²) in [4.78, 5) is 12.8. The van der Waals surface area contributed by atoms with E-state index in [0.29, 0.717) is 22.5 Å². The van der Waals surface area contributed by atoms with Crippen LogP contribution in [0.4, 0.5) is 5.69 Å². The van der Waals surface area contributed by atoms with Gasteiger partial charge in [0.05, 0.1) is 22.5 Å². The van der Waals surface area contributed by atoms with E-state index in [0.717, 1.165) is 15.6 Å². The van der Waals surface area contributed by atoms with Crippen molar-refractivity contribution in [2.24, 2.45) is 0 Å². The lowest BCUT2D eigenvalue weighted by Gasteiger charge is -2.07. The molecule has 0 bridgehead atoms. The van der Waals surface area contributed by atoms with Crippen LogP contribution in [-0.4, -0.2) is 10.2 Å². The number of nitrogen functional groups attached to an aromatic ring is 1. The number of benzene rings is 1. The summed E-state index contributed by atoms with van der Waals surface area (Å²) < 4.78 is 2.74. The molecule has 0 amide bonds. The van der Waals surface area contributed by atoms with Crippen molar-refractivity contribution in [3.63, 3.8) is 0 Å². The third kappa shape index (κ3) is 2.18. The number of hydrogen-bond acceptors (Lipinski definition) is 3. The van der Waals surface area contributed by atoms with E-state index in [1.165, 1.54) is 0 Å². The van der Waals surface area contributed by atoms with E-state index < -0.39 is 0 Å². The minimum atomic E-state index is -0.141. The Balaban J connectivity index is 2.17. The number of aryl methyl sites for hydroxylation is 1. The van der Waals surface area contributed by atoms with Gasteiger partial charge in [-0.3, -0.25) is 4.79 Å². The highest BCUT2D eigenvalue weighted by Crippen LogP contribution is 2.24. The summed E-state index contributed by atoms with van der Waals surface area (Å²) in [6.45, 7) is 1.79.